The lowest BCUT2D eigenvalue weighted by Crippen LogP contribution is -2.38. The number of anilines is 1. The summed E-state index contributed by atoms with van der Waals surface area (Å²) in [7, 11) is 0. The molecule has 0 saturated carbocycles. The fourth-order valence-electron chi connectivity index (χ4n) is 3.32. The SMILES string of the molecule is O=C(Nc1ccc(CC(=O)N2CCSCC2)cc1)c1cccc(-n2cccc2)c1. The Balaban J connectivity index is 1.38. The molecule has 0 bridgehead atoms. The molecule has 148 valence electrons. The van der Waals surface area contributed by atoms with E-state index in [9.17, 15) is 9.59 Å². The normalized spacial score (nSPS) is 13.9. The summed E-state index contributed by atoms with van der Waals surface area (Å²) in [4.78, 5) is 26.9. The van der Waals surface area contributed by atoms with Crippen molar-refractivity contribution in [1.29, 1.82) is 0 Å². The number of thioether (sulfide) groups is 1. The first-order valence-corrected chi connectivity index (χ1v) is 10.8. The number of rotatable bonds is 5. The highest BCUT2D eigenvalue weighted by molar-refractivity contribution is 7.99. The molecular formula is C23H23N3O2S. The fraction of sp³-hybridized carbons (Fsp3) is 0.217. The molecule has 2 aromatic carbocycles. The minimum absolute atomic E-state index is 0.159. The molecule has 29 heavy (non-hydrogen) atoms. The first-order valence-electron chi connectivity index (χ1n) is 9.68. The van der Waals surface area contributed by atoms with Crippen LogP contribution >= 0.6 is 11.8 Å². The summed E-state index contributed by atoms with van der Waals surface area (Å²) in [6.07, 6.45) is 4.29. The van der Waals surface area contributed by atoms with Gasteiger partial charge in [-0.3, -0.25) is 9.59 Å². The molecule has 4 rings (SSSR count). The van der Waals surface area contributed by atoms with Crippen molar-refractivity contribution in [2.24, 2.45) is 0 Å². The Labute approximate surface area is 174 Å². The molecule has 3 aromatic rings. The molecule has 1 aromatic heterocycles. The van der Waals surface area contributed by atoms with Gasteiger partial charge in [0.2, 0.25) is 5.91 Å². The van der Waals surface area contributed by atoms with Gasteiger partial charge >= 0.3 is 0 Å². The molecule has 2 amide bonds. The number of hydrogen-bond donors (Lipinski definition) is 1. The summed E-state index contributed by atoms with van der Waals surface area (Å²) in [5.74, 6) is 2.04. The van der Waals surface area contributed by atoms with Gasteiger partial charge in [-0.1, -0.05) is 18.2 Å². The number of nitrogens with one attached hydrogen (secondary N) is 1. The molecule has 1 fully saturated rings. The van der Waals surface area contributed by atoms with E-state index in [1.807, 2.05) is 88.2 Å². The topological polar surface area (TPSA) is 54.3 Å². The van der Waals surface area contributed by atoms with E-state index in [4.69, 9.17) is 0 Å². The van der Waals surface area contributed by atoms with Crippen LogP contribution in [0.4, 0.5) is 5.69 Å². The highest BCUT2D eigenvalue weighted by Crippen LogP contribution is 2.16. The van der Waals surface area contributed by atoms with Crippen molar-refractivity contribution in [2.75, 3.05) is 29.9 Å². The molecule has 1 saturated heterocycles. The number of benzene rings is 2. The van der Waals surface area contributed by atoms with Crippen LogP contribution in [0.2, 0.25) is 0 Å². The van der Waals surface area contributed by atoms with Crippen molar-refractivity contribution in [1.82, 2.24) is 9.47 Å². The quantitative estimate of drug-likeness (QED) is 0.702. The molecule has 0 unspecified atom stereocenters. The number of nitrogens with zero attached hydrogens (tertiary/aromatic N) is 2. The third-order valence-corrected chi connectivity index (χ3v) is 5.88. The van der Waals surface area contributed by atoms with Gasteiger partial charge in [-0.05, 0) is 48.0 Å². The van der Waals surface area contributed by atoms with Gasteiger partial charge in [0.05, 0.1) is 6.42 Å². The van der Waals surface area contributed by atoms with Gasteiger partial charge in [0.1, 0.15) is 0 Å². The van der Waals surface area contributed by atoms with E-state index in [1.165, 1.54) is 0 Å². The maximum Gasteiger partial charge on any atom is 0.255 e. The highest BCUT2D eigenvalue weighted by Gasteiger charge is 2.17. The van der Waals surface area contributed by atoms with Crippen LogP contribution in [0.1, 0.15) is 15.9 Å². The van der Waals surface area contributed by atoms with Crippen molar-refractivity contribution in [3.05, 3.63) is 84.2 Å². The Morgan fingerprint density at radius 1 is 0.931 bits per heavy atom. The molecule has 0 radical (unpaired) electrons. The van der Waals surface area contributed by atoms with Crippen LogP contribution < -0.4 is 5.32 Å². The van der Waals surface area contributed by atoms with Crippen LogP contribution in [0, 0.1) is 0 Å². The van der Waals surface area contributed by atoms with E-state index >= 15 is 0 Å². The van der Waals surface area contributed by atoms with Crippen LogP contribution in [0.3, 0.4) is 0 Å². The molecule has 0 spiro atoms. The summed E-state index contributed by atoms with van der Waals surface area (Å²) < 4.78 is 1.96. The lowest BCUT2D eigenvalue weighted by Gasteiger charge is -2.26. The maximum absolute atomic E-state index is 12.6. The van der Waals surface area contributed by atoms with Gasteiger partial charge in [-0.25, -0.2) is 0 Å². The summed E-state index contributed by atoms with van der Waals surface area (Å²) in [5.41, 5.74) is 3.21. The predicted octanol–water partition coefficient (Wildman–Crippen LogP) is 3.85. The lowest BCUT2D eigenvalue weighted by molar-refractivity contribution is -0.130. The first kappa shape index (κ1) is 19.3. The summed E-state index contributed by atoms with van der Waals surface area (Å²) in [6.45, 7) is 1.67. The van der Waals surface area contributed by atoms with Crippen molar-refractivity contribution in [2.45, 2.75) is 6.42 Å². The zero-order chi connectivity index (χ0) is 20.1. The van der Waals surface area contributed by atoms with E-state index in [0.29, 0.717) is 17.7 Å². The zero-order valence-corrected chi connectivity index (χ0v) is 16.9. The monoisotopic (exact) mass is 405 g/mol. The molecular weight excluding hydrogens is 382 g/mol. The minimum atomic E-state index is -0.159. The second kappa shape index (κ2) is 9.01. The van der Waals surface area contributed by atoms with E-state index in [-0.39, 0.29) is 11.8 Å². The van der Waals surface area contributed by atoms with Gasteiger partial charge in [-0.2, -0.15) is 11.8 Å². The summed E-state index contributed by atoms with van der Waals surface area (Å²) in [6, 6.07) is 18.9. The van der Waals surface area contributed by atoms with Crippen molar-refractivity contribution in [3.63, 3.8) is 0 Å². The van der Waals surface area contributed by atoms with Gasteiger partial charge in [0.15, 0.2) is 0 Å². The molecule has 1 N–H and O–H groups in total. The Hall–Kier alpha value is -2.99. The minimum Gasteiger partial charge on any atom is -0.341 e. The third kappa shape index (κ3) is 4.90. The van der Waals surface area contributed by atoms with Gasteiger partial charge < -0.3 is 14.8 Å². The standard InChI is InChI=1S/C23H23N3O2S/c27-22(26-12-14-29-15-13-26)16-18-6-8-20(9-7-18)24-23(28)19-4-3-5-21(17-19)25-10-1-2-11-25/h1-11,17H,12-16H2,(H,24,28). The molecule has 5 nitrogen and oxygen atoms in total. The summed E-state index contributed by atoms with van der Waals surface area (Å²) in [5, 5.41) is 2.93. The van der Waals surface area contributed by atoms with Crippen LogP contribution in [-0.4, -0.2) is 45.9 Å². The first-order chi connectivity index (χ1) is 14.2. The maximum atomic E-state index is 12.6. The fourth-order valence-corrected chi connectivity index (χ4v) is 4.23. The average molecular weight is 406 g/mol. The molecule has 0 atom stereocenters. The molecule has 1 aliphatic heterocycles. The third-order valence-electron chi connectivity index (χ3n) is 4.94. The second-order valence-corrected chi connectivity index (χ2v) is 8.19. The van der Waals surface area contributed by atoms with Crippen molar-refractivity contribution >= 4 is 29.3 Å². The van der Waals surface area contributed by atoms with E-state index in [0.717, 1.165) is 35.8 Å². The van der Waals surface area contributed by atoms with Crippen LogP contribution in [0.25, 0.3) is 5.69 Å². The van der Waals surface area contributed by atoms with Crippen molar-refractivity contribution < 1.29 is 9.59 Å². The Morgan fingerprint density at radius 3 is 2.38 bits per heavy atom. The molecule has 2 heterocycles. The van der Waals surface area contributed by atoms with Crippen molar-refractivity contribution in [3.8, 4) is 5.69 Å². The highest BCUT2D eigenvalue weighted by atomic mass is 32.2. The van der Waals surface area contributed by atoms with E-state index < -0.39 is 0 Å². The Kier molecular flexibility index (Phi) is 6.00. The average Bonchev–Trinajstić information content (AvgIpc) is 3.31. The zero-order valence-electron chi connectivity index (χ0n) is 16.1. The van der Waals surface area contributed by atoms with Gasteiger partial charge in [-0.15, -0.1) is 0 Å². The number of hydrogen-bond acceptors (Lipinski definition) is 3. The van der Waals surface area contributed by atoms with Crippen LogP contribution in [-0.2, 0) is 11.2 Å². The number of aromatic nitrogens is 1. The molecule has 1 aliphatic rings. The number of carbonyl (C=O) groups excluding carboxylic acids is 2. The van der Waals surface area contributed by atoms with Crippen LogP contribution in [0.15, 0.2) is 73.1 Å². The number of carbonyl (C=O) groups is 2. The smallest absolute Gasteiger partial charge is 0.255 e. The Morgan fingerprint density at radius 2 is 1.66 bits per heavy atom. The Bertz CT molecular complexity index is 978. The molecule has 6 heteroatoms. The largest absolute Gasteiger partial charge is 0.341 e. The summed E-state index contributed by atoms with van der Waals surface area (Å²) >= 11 is 1.89. The van der Waals surface area contributed by atoms with Gasteiger partial charge in [0, 0.05) is 53.9 Å². The predicted molar refractivity (Wildman–Crippen MR) is 118 cm³/mol. The lowest BCUT2D eigenvalue weighted by atomic mass is 10.1. The second-order valence-electron chi connectivity index (χ2n) is 6.96. The van der Waals surface area contributed by atoms with Crippen LogP contribution in [0.5, 0.6) is 0 Å². The van der Waals surface area contributed by atoms with E-state index in [2.05, 4.69) is 5.32 Å². The number of amides is 2. The van der Waals surface area contributed by atoms with E-state index in [1.54, 1.807) is 6.07 Å². The van der Waals surface area contributed by atoms with Gasteiger partial charge in [0.25, 0.3) is 5.91 Å². The molecule has 0 aliphatic carbocycles.